The number of carboxylic acid groups (broad SMARTS) is 1. The molecule has 0 radical (unpaired) electrons. The first-order valence-corrected chi connectivity index (χ1v) is 19.2. The number of ether oxygens (including phenoxy) is 1. The Morgan fingerprint density at radius 2 is 1.63 bits per heavy atom. The number of aliphatic carboxylic acids is 1. The summed E-state index contributed by atoms with van der Waals surface area (Å²) in [5.41, 5.74) is 6.20. The predicted molar refractivity (Wildman–Crippen MR) is 193 cm³/mol. The monoisotopic (exact) mass is 707 g/mol. The van der Waals surface area contributed by atoms with E-state index in [1.54, 1.807) is 24.6 Å². The Balaban J connectivity index is 1.35. The van der Waals surface area contributed by atoms with E-state index in [0.717, 1.165) is 62.6 Å². The summed E-state index contributed by atoms with van der Waals surface area (Å²) in [5.74, 6) is -0.811. The number of carboxylic acids is 1. The number of carbonyl (C=O) groups is 4. The number of esters is 1. The first-order valence-electron chi connectivity index (χ1n) is 19.2. The minimum Gasteiger partial charge on any atom is -0.481 e. The van der Waals surface area contributed by atoms with E-state index in [2.05, 4.69) is 48.5 Å². The van der Waals surface area contributed by atoms with Crippen LogP contribution in [0.15, 0.2) is 22.0 Å². The van der Waals surface area contributed by atoms with Crippen LogP contribution in [0.5, 0.6) is 0 Å². The number of primary amides is 1. The Labute approximate surface area is 302 Å². The van der Waals surface area contributed by atoms with Gasteiger partial charge in [-0.15, -0.1) is 0 Å². The second kappa shape index (κ2) is 11.9. The molecule has 10 heteroatoms. The van der Waals surface area contributed by atoms with E-state index in [-0.39, 0.29) is 63.9 Å². The van der Waals surface area contributed by atoms with Gasteiger partial charge in [0.2, 0.25) is 5.91 Å². The number of Topliss-reactive ketones (excluding diaryl/α,β-unsaturated/α-hetero) is 1. The van der Waals surface area contributed by atoms with Crippen molar-refractivity contribution in [3.63, 3.8) is 0 Å². The lowest BCUT2D eigenvalue weighted by molar-refractivity contribution is -0.232. The van der Waals surface area contributed by atoms with Crippen LogP contribution < -0.4 is 11.3 Å². The molecule has 6 rings (SSSR count). The molecule has 1 amide bonds. The van der Waals surface area contributed by atoms with Gasteiger partial charge in [-0.05, 0) is 116 Å². The van der Waals surface area contributed by atoms with Crippen molar-refractivity contribution in [3.05, 3.63) is 33.3 Å². The Hall–Kier alpha value is -3.17. The van der Waals surface area contributed by atoms with Crippen molar-refractivity contribution >= 4 is 23.6 Å². The number of hydrogen-bond donors (Lipinski definition) is 2. The van der Waals surface area contributed by atoms with Crippen LogP contribution in [0.2, 0.25) is 0 Å². The van der Waals surface area contributed by atoms with Gasteiger partial charge in [-0.1, -0.05) is 48.5 Å². The van der Waals surface area contributed by atoms with Gasteiger partial charge in [0.25, 0.3) is 5.56 Å². The maximum Gasteiger partial charge on any atom is 0.309 e. The quantitative estimate of drug-likeness (QED) is 0.300. The van der Waals surface area contributed by atoms with Gasteiger partial charge in [-0.2, -0.15) is 0 Å². The van der Waals surface area contributed by atoms with Gasteiger partial charge in [0.05, 0.1) is 17.5 Å². The zero-order valence-electron chi connectivity index (χ0n) is 32.6. The maximum absolute atomic E-state index is 14.1. The lowest BCUT2D eigenvalue weighted by Gasteiger charge is -2.72. The molecule has 5 aliphatic rings. The van der Waals surface area contributed by atoms with Gasteiger partial charge in [-0.25, -0.2) is 4.68 Å². The highest BCUT2D eigenvalue weighted by Crippen LogP contribution is 2.76. The molecule has 51 heavy (non-hydrogen) atoms. The zero-order valence-corrected chi connectivity index (χ0v) is 32.6. The maximum atomic E-state index is 14.1. The molecule has 3 N–H and O–H groups in total. The third-order valence-electron chi connectivity index (χ3n) is 15.8. The van der Waals surface area contributed by atoms with Crippen molar-refractivity contribution in [2.24, 2.45) is 63.5 Å². The van der Waals surface area contributed by atoms with Crippen LogP contribution in [0.25, 0.3) is 0 Å². The highest BCUT2D eigenvalue weighted by molar-refractivity contribution is 6.01. The number of nitrogens with two attached hydrogens (primary N) is 1. The molecule has 282 valence electrons. The van der Waals surface area contributed by atoms with Crippen LogP contribution in [0.4, 0.5) is 0 Å². The van der Waals surface area contributed by atoms with Gasteiger partial charge in [0.15, 0.2) is 5.78 Å². The van der Waals surface area contributed by atoms with E-state index in [4.69, 9.17) is 10.5 Å². The van der Waals surface area contributed by atoms with Gasteiger partial charge in [0.1, 0.15) is 12.6 Å². The summed E-state index contributed by atoms with van der Waals surface area (Å²) in [6.07, 6.45) is 7.40. The first-order chi connectivity index (χ1) is 23.5. The van der Waals surface area contributed by atoms with Crippen molar-refractivity contribution < 1.29 is 29.0 Å². The zero-order chi connectivity index (χ0) is 37.9. The van der Waals surface area contributed by atoms with Gasteiger partial charge in [-0.3, -0.25) is 28.7 Å². The number of allylic oxidation sites excluding steroid dienone is 2. The molecule has 1 aromatic heterocycles. The van der Waals surface area contributed by atoms with E-state index in [1.807, 2.05) is 7.05 Å². The molecular formula is C41H61N3O7. The van der Waals surface area contributed by atoms with Gasteiger partial charge < -0.3 is 15.6 Å². The average Bonchev–Trinajstić information content (AvgIpc) is 3.47. The topological polar surface area (TPSA) is 151 Å². The molecule has 0 unspecified atom stereocenters. The molecule has 0 aliphatic heterocycles. The molecule has 4 fully saturated rings. The van der Waals surface area contributed by atoms with Crippen LogP contribution >= 0.6 is 0 Å². The minimum absolute atomic E-state index is 0.00292. The number of fused-ring (bicyclic) bond motifs is 7. The Kier molecular flexibility index (Phi) is 8.79. The van der Waals surface area contributed by atoms with Crippen molar-refractivity contribution in [1.82, 2.24) is 9.36 Å². The summed E-state index contributed by atoms with van der Waals surface area (Å²) in [6, 6.07) is 1.65. The Bertz CT molecular complexity index is 1760. The van der Waals surface area contributed by atoms with E-state index in [1.165, 1.54) is 10.3 Å². The normalized spacial score (nSPS) is 37.4. The molecule has 10 nitrogen and oxygen atoms in total. The summed E-state index contributed by atoms with van der Waals surface area (Å²) in [4.78, 5) is 64.1. The van der Waals surface area contributed by atoms with Crippen LogP contribution in [0, 0.1) is 50.7 Å². The molecule has 8 atom stereocenters. The number of carbonyl (C=O) groups excluding carboxylic acids is 3. The average molecular weight is 708 g/mol. The summed E-state index contributed by atoms with van der Waals surface area (Å²) in [7, 11) is 1.82. The minimum atomic E-state index is -1.18. The second-order valence-electron chi connectivity index (χ2n) is 19.4. The summed E-state index contributed by atoms with van der Waals surface area (Å²) in [5, 5.41) is 9.60. The van der Waals surface area contributed by atoms with Crippen LogP contribution in [0.1, 0.15) is 132 Å². The number of amides is 1. The largest absolute Gasteiger partial charge is 0.481 e. The van der Waals surface area contributed by atoms with Crippen molar-refractivity contribution in [3.8, 4) is 0 Å². The molecule has 0 bridgehead atoms. The van der Waals surface area contributed by atoms with Crippen LogP contribution in [-0.2, 0) is 42.9 Å². The van der Waals surface area contributed by atoms with Crippen LogP contribution in [0.3, 0.4) is 0 Å². The Morgan fingerprint density at radius 3 is 2.24 bits per heavy atom. The lowest BCUT2D eigenvalue weighted by atomic mass is 9.33. The highest BCUT2D eigenvalue weighted by Gasteiger charge is 2.70. The summed E-state index contributed by atoms with van der Waals surface area (Å²) in [6.45, 7) is 19.2. The molecule has 1 heterocycles. The lowest BCUT2D eigenvalue weighted by Crippen LogP contribution is -2.66. The first kappa shape index (κ1) is 37.6. The molecule has 0 spiro atoms. The molecule has 0 aromatic carbocycles. The predicted octanol–water partition coefficient (Wildman–Crippen LogP) is 6.32. The fourth-order valence-corrected chi connectivity index (χ4v) is 13.1. The summed E-state index contributed by atoms with van der Waals surface area (Å²) < 4.78 is 9.34. The number of aromatic nitrogens is 2. The molecule has 1 aromatic rings. The Morgan fingerprint density at radius 1 is 0.961 bits per heavy atom. The number of ketones is 1. The van der Waals surface area contributed by atoms with Crippen molar-refractivity contribution in [2.45, 2.75) is 145 Å². The molecular weight excluding hydrogens is 646 g/mol. The highest BCUT2D eigenvalue weighted by atomic mass is 16.5. The smallest absolute Gasteiger partial charge is 0.309 e. The van der Waals surface area contributed by atoms with E-state index >= 15 is 0 Å². The second-order valence-corrected chi connectivity index (χ2v) is 19.4. The van der Waals surface area contributed by atoms with Crippen LogP contribution in [-0.4, -0.2) is 44.2 Å². The molecule has 4 saturated carbocycles. The SMILES string of the molecule is CC(C)C1=C2[C@H]3CC[C@@H]4[C@@]5(C)CC[C@H](OC(=O)CC(C)(C)C(=O)O)C(C)(C)[C@@H]5CC[C@@]4(C)[C@]3(C)CC[C@@]2(c2cc(=O)n(CC(N)=O)n2C)CC1=O. The molecule has 5 aliphatic carbocycles. The summed E-state index contributed by atoms with van der Waals surface area (Å²) >= 11 is 0. The van der Waals surface area contributed by atoms with E-state index in [0.29, 0.717) is 18.3 Å². The van der Waals surface area contributed by atoms with E-state index < -0.39 is 28.7 Å². The van der Waals surface area contributed by atoms with E-state index in [9.17, 15) is 29.1 Å². The van der Waals surface area contributed by atoms with Gasteiger partial charge in [0, 0.05) is 30.4 Å². The van der Waals surface area contributed by atoms with Crippen molar-refractivity contribution in [1.29, 1.82) is 0 Å². The third kappa shape index (κ3) is 5.25. The van der Waals surface area contributed by atoms with Crippen molar-refractivity contribution in [2.75, 3.05) is 0 Å². The third-order valence-corrected chi connectivity index (χ3v) is 15.8. The number of hydrogen-bond acceptors (Lipinski definition) is 6. The number of rotatable bonds is 8. The molecule has 0 saturated heterocycles. The fourth-order valence-electron chi connectivity index (χ4n) is 13.1. The number of nitrogens with zero attached hydrogens (tertiary/aromatic N) is 2. The van der Waals surface area contributed by atoms with Gasteiger partial charge >= 0.3 is 11.9 Å². The standard InChI is InChI=1S/C41H61N3O7/c1-23(2)33-25(45)20-41(28-19-31(47)44(43(28)10)22-30(42)46)18-17-39(8)24(34(33)41)11-12-27-38(7)15-14-29(51-32(48)21-36(3,4)35(49)50)37(5,6)26(38)13-16-40(27,39)9/h19,23-24,26-27,29H,11-18,20-22H2,1-10H3,(H2,42,46)(H,49,50)/t24-,26+,27-,29+,38+,39-,40-,41+/m1/s1. The fraction of sp³-hybridized carbons (Fsp3) is 0.780.